The molecule has 2 aromatic carbocycles. The highest BCUT2D eigenvalue weighted by Gasteiger charge is 2.23. The molecule has 0 aliphatic carbocycles. The van der Waals surface area contributed by atoms with Crippen LogP contribution in [-0.2, 0) is 10.0 Å². The molecule has 1 N–H and O–H groups in total. The van der Waals surface area contributed by atoms with E-state index in [0.717, 1.165) is 2.52 Å². The molecule has 0 fully saturated rings. The lowest BCUT2D eigenvalue weighted by Gasteiger charge is -2.17. The van der Waals surface area contributed by atoms with Gasteiger partial charge in [-0.05, 0) is 30.3 Å². The molecule has 21 heavy (non-hydrogen) atoms. The Hall–Kier alpha value is -1.32. The van der Waals surface area contributed by atoms with E-state index in [0.29, 0.717) is 0 Å². The molecular formula is C13H9ClINO4S. The van der Waals surface area contributed by atoms with Gasteiger partial charge in [-0.3, -0.25) is 0 Å². The highest BCUT2D eigenvalue weighted by molar-refractivity contribution is 14.1. The van der Waals surface area contributed by atoms with Gasteiger partial charge in [0.1, 0.15) is 0 Å². The summed E-state index contributed by atoms with van der Waals surface area (Å²) in [6.07, 6.45) is 0. The second-order valence-electron chi connectivity index (χ2n) is 4.00. The van der Waals surface area contributed by atoms with E-state index in [1.807, 2.05) is 0 Å². The second kappa shape index (κ2) is 6.20. The minimum Gasteiger partial charge on any atom is -0.478 e. The third kappa shape index (κ3) is 3.30. The summed E-state index contributed by atoms with van der Waals surface area (Å²) >= 11 is 7.50. The van der Waals surface area contributed by atoms with Crippen LogP contribution >= 0.6 is 34.5 Å². The zero-order valence-electron chi connectivity index (χ0n) is 10.4. The number of aromatic carboxylic acids is 1. The zero-order valence-corrected chi connectivity index (χ0v) is 14.1. The van der Waals surface area contributed by atoms with Crippen molar-refractivity contribution in [2.24, 2.45) is 0 Å². The predicted octanol–water partition coefficient (Wildman–Crippen LogP) is 3.58. The quantitative estimate of drug-likeness (QED) is 0.586. The molecule has 0 amide bonds. The van der Waals surface area contributed by atoms with Crippen molar-refractivity contribution in [1.29, 1.82) is 0 Å². The van der Waals surface area contributed by atoms with Gasteiger partial charge in [0.2, 0.25) is 0 Å². The van der Waals surface area contributed by atoms with Crippen molar-refractivity contribution in [3.05, 3.63) is 59.1 Å². The van der Waals surface area contributed by atoms with Crippen LogP contribution in [0.1, 0.15) is 10.4 Å². The Morgan fingerprint density at radius 2 is 1.76 bits per heavy atom. The number of hydrogen-bond donors (Lipinski definition) is 1. The summed E-state index contributed by atoms with van der Waals surface area (Å²) in [6, 6.07) is 11.9. The van der Waals surface area contributed by atoms with E-state index < -0.39 is 16.0 Å². The Kier molecular flexibility index (Phi) is 4.74. The predicted molar refractivity (Wildman–Crippen MR) is 88.5 cm³/mol. The van der Waals surface area contributed by atoms with Crippen molar-refractivity contribution in [1.82, 2.24) is 0 Å². The van der Waals surface area contributed by atoms with E-state index in [1.54, 1.807) is 41.1 Å². The van der Waals surface area contributed by atoms with Crippen molar-refractivity contribution in [2.75, 3.05) is 2.52 Å². The number of halogens is 2. The number of benzene rings is 2. The lowest BCUT2D eigenvalue weighted by molar-refractivity contribution is 0.0697. The van der Waals surface area contributed by atoms with E-state index in [9.17, 15) is 13.2 Å². The van der Waals surface area contributed by atoms with Gasteiger partial charge in [0.05, 0.1) is 44.0 Å². The van der Waals surface area contributed by atoms with E-state index in [1.165, 1.54) is 30.3 Å². The van der Waals surface area contributed by atoms with Gasteiger partial charge in [-0.25, -0.2) is 15.7 Å². The van der Waals surface area contributed by atoms with Crippen molar-refractivity contribution in [3.63, 3.8) is 0 Å². The third-order valence-corrected chi connectivity index (χ3v) is 6.56. The largest absolute Gasteiger partial charge is 0.478 e. The minimum absolute atomic E-state index is 0.0232. The SMILES string of the molecule is O=C(O)c1ccc(N(I)S(=O)(=O)c2ccccc2)cc1Cl. The minimum atomic E-state index is -3.73. The Labute approximate surface area is 140 Å². The zero-order chi connectivity index (χ0) is 15.6. The maximum Gasteiger partial charge on any atom is 0.337 e. The van der Waals surface area contributed by atoms with E-state index in [4.69, 9.17) is 16.7 Å². The third-order valence-electron chi connectivity index (χ3n) is 2.64. The summed E-state index contributed by atoms with van der Waals surface area (Å²) in [7, 11) is -3.73. The van der Waals surface area contributed by atoms with Crippen LogP contribution in [0.3, 0.4) is 0 Å². The molecule has 0 aliphatic rings. The molecule has 2 aromatic rings. The van der Waals surface area contributed by atoms with Crippen LogP contribution in [0, 0.1) is 0 Å². The molecule has 0 radical (unpaired) electrons. The molecule has 0 unspecified atom stereocenters. The van der Waals surface area contributed by atoms with Crippen LogP contribution in [-0.4, -0.2) is 19.5 Å². The van der Waals surface area contributed by atoms with Crippen LogP contribution in [0.25, 0.3) is 0 Å². The molecule has 0 heterocycles. The van der Waals surface area contributed by atoms with E-state index >= 15 is 0 Å². The number of sulfonamides is 1. The molecule has 0 bridgehead atoms. The molecule has 0 spiro atoms. The van der Waals surface area contributed by atoms with Gasteiger partial charge in [-0.1, -0.05) is 29.8 Å². The van der Waals surface area contributed by atoms with E-state index in [-0.39, 0.29) is 21.2 Å². The summed E-state index contributed by atoms with van der Waals surface area (Å²) in [6.45, 7) is 0. The summed E-state index contributed by atoms with van der Waals surface area (Å²) in [5.74, 6) is -1.17. The van der Waals surface area contributed by atoms with Gasteiger partial charge in [0.15, 0.2) is 0 Å². The Morgan fingerprint density at radius 1 is 1.14 bits per heavy atom. The topological polar surface area (TPSA) is 74.7 Å². The average molecular weight is 438 g/mol. The van der Waals surface area contributed by atoms with Crippen LogP contribution in [0.5, 0.6) is 0 Å². The molecular weight excluding hydrogens is 429 g/mol. The van der Waals surface area contributed by atoms with Crippen molar-refractivity contribution >= 4 is 56.1 Å². The Balaban J connectivity index is 2.43. The van der Waals surface area contributed by atoms with Crippen molar-refractivity contribution < 1.29 is 18.3 Å². The van der Waals surface area contributed by atoms with Crippen LogP contribution in [0.2, 0.25) is 5.02 Å². The van der Waals surface area contributed by atoms with Crippen LogP contribution in [0.4, 0.5) is 5.69 Å². The first-order chi connectivity index (χ1) is 9.84. The first-order valence-corrected chi connectivity index (χ1v) is 8.41. The first-order valence-electron chi connectivity index (χ1n) is 5.63. The van der Waals surface area contributed by atoms with Gasteiger partial charge >= 0.3 is 5.97 Å². The molecule has 0 atom stereocenters. The van der Waals surface area contributed by atoms with Crippen LogP contribution in [0.15, 0.2) is 53.4 Å². The van der Waals surface area contributed by atoms with Gasteiger partial charge in [0, 0.05) is 0 Å². The fraction of sp³-hybridized carbons (Fsp3) is 0. The fourth-order valence-corrected chi connectivity index (χ4v) is 3.93. The highest BCUT2D eigenvalue weighted by Crippen LogP contribution is 2.30. The molecule has 0 aliphatic heterocycles. The number of anilines is 1. The fourth-order valence-electron chi connectivity index (χ4n) is 1.61. The molecule has 110 valence electrons. The number of carboxylic acids is 1. The Morgan fingerprint density at radius 3 is 2.29 bits per heavy atom. The smallest absolute Gasteiger partial charge is 0.337 e. The summed E-state index contributed by atoms with van der Waals surface area (Å²) in [5.41, 5.74) is 0.191. The molecule has 8 heteroatoms. The second-order valence-corrected chi connectivity index (χ2v) is 7.82. The number of nitrogens with zero attached hydrogens (tertiary/aromatic N) is 1. The number of carboxylic acid groups (broad SMARTS) is 1. The first kappa shape index (κ1) is 16.1. The van der Waals surface area contributed by atoms with Gasteiger partial charge in [-0.2, -0.15) is 0 Å². The summed E-state index contributed by atoms with van der Waals surface area (Å²) in [4.78, 5) is 11.0. The maximum atomic E-state index is 12.4. The van der Waals surface area contributed by atoms with Gasteiger partial charge < -0.3 is 5.11 Å². The number of carbonyl (C=O) groups is 1. The summed E-state index contributed by atoms with van der Waals surface area (Å²) < 4.78 is 25.9. The number of rotatable bonds is 4. The maximum absolute atomic E-state index is 12.4. The molecule has 2 rings (SSSR count). The van der Waals surface area contributed by atoms with Gasteiger partial charge in [0.25, 0.3) is 10.0 Å². The van der Waals surface area contributed by atoms with E-state index in [2.05, 4.69) is 0 Å². The lowest BCUT2D eigenvalue weighted by Crippen LogP contribution is -2.20. The average Bonchev–Trinajstić information content (AvgIpc) is 2.46. The molecule has 0 saturated heterocycles. The lowest BCUT2D eigenvalue weighted by atomic mass is 10.2. The summed E-state index contributed by atoms with van der Waals surface area (Å²) in [5, 5.41) is 8.89. The number of hydrogen-bond acceptors (Lipinski definition) is 3. The van der Waals surface area contributed by atoms with Crippen molar-refractivity contribution in [2.45, 2.75) is 4.90 Å². The Bertz CT molecular complexity index is 780. The molecule has 0 aromatic heterocycles. The van der Waals surface area contributed by atoms with Crippen LogP contribution < -0.4 is 2.52 Å². The normalized spacial score (nSPS) is 11.1. The highest BCUT2D eigenvalue weighted by atomic mass is 127. The van der Waals surface area contributed by atoms with Gasteiger partial charge in [-0.15, -0.1) is 0 Å². The monoisotopic (exact) mass is 437 g/mol. The standard InChI is InChI=1S/C13H9ClINO4S/c14-12-8-9(6-7-11(12)13(17)18)16(15)21(19,20)10-4-2-1-3-5-10/h1-8H,(H,17,18). The molecule has 5 nitrogen and oxygen atoms in total. The molecule has 0 saturated carbocycles. The van der Waals surface area contributed by atoms with Crippen molar-refractivity contribution in [3.8, 4) is 0 Å².